The summed E-state index contributed by atoms with van der Waals surface area (Å²) in [6.45, 7) is 5.14. The molecule has 4 aromatic rings. The van der Waals surface area contributed by atoms with Crippen LogP contribution < -0.4 is 15.8 Å². The Hall–Kier alpha value is -4.44. The molecule has 0 spiro atoms. The van der Waals surface area contributed by atoms with Crippen molar-refractivity contribution in [2.75, 3.05) is 10.2 Å². The average Bonchev–Trinajstić information content (AvgIpc) is 3.64. The molecule has 1 aliphatic rings. The molecule has 0 bridgehead atoms. The first-order valence-electron chi connectivity index (χ1n) is 12.9. The van der Waals surface area contributed by atoms with Gasteiger partial charge in [-0.25, -0.2) is 4.68 Å². The van der Waals surface area contributed by atoms with E-state index >= 15 is 0 Å². The number of amides is 2. The summed E-state index contributed by atoms with van der Waals surface area (Å²) in [5.41, 5.74) is 2.67. The molecule has 2 amide bonds. The molecule has 206 valence electrons. The molecule has 1 aliphatic heterocycles. The molecule has 2 aromatic heterocycles. The van der Waals surface area contributed by atoms with Crippen LogP contribution in [-0.4, -0.2) is 33.3 Å². The number of thiophene rings is 1. The summed E-state index contributed by atoms with van der Waals surface area (Å²) in [6, 6.07) is 19.9. The molecule has 0 saturated carbocycles. The highest BCUT2D eigenvalue weighted by Gasteiger charge is 2.47. The predicted molar refractivity (Wildman–Crippen MR) is 154 cm³/mol. The van der Waals surface area contributed by atoms with Gasteiger partial charge in [0.05, 0.1) is 23.3 Å². The van der Waals surface area contributed by atoms with Gasteiger partial charge < -0.3 is 15.0 Å². The van der Waals surface area contributed by atoms with Crippen LogP contribution in [0, 0.1) is 19.8 Å². The molecule has 0 aliphatic carbocycles. The molecule has 1 fully saturated rings. The first-order chi connectivity index (χ1) is 19.2. The zero-order valence-electron chi connectivity index (χ0n) is 22.7. The number of benzene rings is 2. The van der Waals surface area contributed by atoms with E-state index in [1.807, 2.05) is 66.9 Å². The number of nitrogens with one attached hydrogen (secondary N) is 1. The van der Waals surface area contributed by atoms with Crippen molar-refractivity contribution in [3.63, 3.8) is 0 Å². The van der Waals surface area contributed by atoms with Gasteiger partial charge in [0, 0.05) is 24.0 Å². The summed E-state index contributed by atoms with van der Waals surface area (Å²) in [4.78, 5) is 55.4. The quantitative estimate of drug-likeness (QED) is 0.336. The first kappa shape index (κ1) is 27.1. The van der Waals surface area contributed by atoms with Crippen LogP contribution in [-0.2, 0) is 26.2 Å². The molecule has 2 aromatic carbocycles. The van der Waals surface area contributed by atoms with Crippen molar-refractivity contribution in [2.24, 2.45) is 13.0 Å². The van der Waals surface area contributed by atoms with Crippen LogP contribution >= 0.6 is 11.3 Å². The molecule has 1 saturated heterocycles. The van der Waals surface area contributed by atoms with E-state index in [0.717, 1.165) is 10.4 Å². The fourth-order valence-electron chi connectivity index (χ4n) is 4.99. The molecule has 0 unspecified atom stereocenters. The van der Waals surface area contributed by atoms with Gasteiger partial charge in [-0.05, 0) is 56.5 Å². The fraction of sp³-hybridized carbons (Fsp3) is 0.267. The van der Waals surface area contributed by atoms with Gasteiger partial charge in [-0.15, -0.1) is 11.3 Å². The standard InChI is InChI=1S/C30H30N4O5S/c1-18-12-14-21(15-13-18)33-25(35)17-23(27(33)24-11-8-16-40-24)30(38)39-20(3)28(36)31-26-19(2)32(4)34(29(26)37)22-9-6-5-7-10-22/h5-16,20,23,27H,17H2,1-4H3,(H,31,36)/t20-,23-,27-/m0/s1. The van der Waals surface area contributed by atoms with Crippen LogP contribution in [0.4, 0.5) is 11.4 Å². The highest BCUT2D eigenvalue weighted by atomic mass is 32.1. The molecular formula is C30H30N4O5S. The Morgan fingerprint density at radius 1 is 0.975 bits per heavy atom. The number of anilines is 2. The lowest BCUT2D eigenvalue weighted by Gasteiger charge is -2.27. The fourth-order valence-corrected chi connectivity index (χ4v) is 5.87. The van der Waals surface area contributed by atoms with E-state index in [4.69, 9.17) is 4.74 Å². The Balaban J connectivity index is 1.35. The van der Waals surface area contributed by atoms with Crippen molar-refractivity contribution in [1.29, 1.82) is 0 Å². The maximum Gasteiger partial charge on any atom is 0.312 e. The average molecular weight is 559 g/mol. The zero-order chi connectivity index (χ0) is 28.6. The number of aromatic nitrogens is 2. The maximum absolute atomic E-state index is 13.4. The summed E-state index contributed by atoms with van der Waals surface area (Å²) < 4.78 is 8.72. The third kappa shape index (κ3) is 4.98. The van der Waals surface area contributed by atoms with Gasteiger partial charge in [0.25, 0.3) is 11.5 Å². The van der Waals surface area contributed by atoms with Gasteiger partial charge in [0.2, 0.25) is 5.91 Å². The molecule has 1 N–H and O–H groups in total. The van der Waals surface area contributed by atoms with Crippen LogP contribution in [0.25, 0.3) is 5.69 Å². The number of aryl methyl sites for hydroxylation is 1. The first-order valence-corrected chi connectivity index (χ1v) is 13.8. The number of hydrogen-bond acceptors (Lipinski definition) is 6. The Morgan fingerprint density at radius 3 is 2.33 bits per heavy atom. The number of nitrogens with zero attached hydrogens (tertiary/aromatic N) is 3. The zero-order valence-corrected chi connectivity index (χ0v) is 23.5. The number of para-hydroxylation sites is 1. The Bertz CT molecular complexity index is 1610. The Labute approximate surface area is 235 Å². The van der Waals surface area contributed by atoms with Crippen LogP contribution in [0.15, 0.2) is 76.9 Å². The molecule has 0 radical (unpaired) electrons. The molecule has 3 atom stereocenters. The lowest BCUT2D eigenvalue weighted by Crippen LogP contribution is -2.35. The highest BCUT2D eigenvalue weighted by molar-refractivity contribution is 7.10. The number of hydrogen-bond donors (Lipinski definition) is 1. The van der Waals surface area contributed by atoms with Crippen LogP contribution in [0.5, 0.6) is 0 Å². The van der Waals surface area contributed by atoms with Crippen molar-refractivity contribution in [3.05, 3.63) is 98.6 Å². The lowest BCUT2D eigenvalue weighted by molar-refractivity contribution is -0.157. The smallest absolute Gasteiger partial charge is 0.312 e. The molecule has 9 nitrogen and oxygen atoms in total. The second-order valence-electron chi connectivity index (χ2n) is 9.88. The number of ether oxygens (including phenoxy) is 1. The summed E-state index contributed by atoms with van der Waals surface area (Å²) in [6.07, 6.45) is -1.23. The molecule has 40 heavy (non-hydrogen) atoms. The molecule has 10 heteroatoms. The third-order valence-electron chi connectivity index (χ3n) is 7.24. The Morgan fingerprint density at radius 2 is 1.68 bits per heavy atom. The van der Waals surface area contributed by atoms with E-state index in [1.165, 1.54) is 22.9 Å². The van der Waals surface area contributed by atoms with Crippen molar-refractivity contribution >= 4 is 40.5 Å². The van der Waals surface area contributed by atoms with Crippen molar-refractivity contribution in [3.8, 4) is 5.69 Å². The minimum atomic E-state index is -1.19. The number of esters is 1. The van der Waals surface area contributed by atoms with Crippen molar-refractivity contribution in [1.82, 2.24) is 9.36 Å². The maximum atomic E-state index is 13.4. The molecule has 3 heterocycles. The van der Waals surface area contributed by atoms with Crippen LogP contribution in [0.1, 0.15) is 35.5 Å². The number of carbonyl (C=O) groups excluding carboxylic acids is 3. The second kappa shape index (κ2) is 11.0. The summed E-state index contributed by atoms with van der Waals surface area (Å²) >= 11 is 1.46. The lowest BCUT2D eigenvalue weighted by atomic mass is 9.98. The van der Waals surface area contributed by atoms with E-state index in [1.54, 1.807) is 35.7 Å². The summed E-state index contributed by atoms with van der Waals surface area (Å²) in [7, 11) is 1.73. The SMILES string of the molecule is Cc1ccc(N2C(=O)C[C@H](C(=O)O[C@@H](C)C(=O)Nc3c(C)n(C)n(-c4ccccc4)c3=O)[C@H]2c2cccs2)cc1. The van der Waals surface area contributed by atoms with Gasteiger partial charge >= 0.3 is 5.97 Å². The second-order valence-corrected chi connectivity index (χ2v) is 10.9. The number of carbonyl (C=O) groups is 3. The Kier molecular flexibility index (Phi) is 7.44. The van der Waals surface area contributed by atoms with E-state index in [-0.39, 0.29) is 18.0 Å². The predicted octanol–water partition coefficient (Wildman–Crippen LogP) is 4.52. The molecular weight excluding hydrogens is 528 g/mol. The number of rotatable bonds is 7. The van der Waals surface area contributed by atoms with Crippen molar-refractivity contribution < 1.29 is 19.1 Å². The monoisotopic (exact) mass is 558 g/mol. The minimum absolute atomic E-state index is 0.0385. The molecule has 5 rings (SSSR count). The van der Waals surface area contributed by atoms with Crippen molar-refractivity contribution in [2.45, 2.75) is 39.3 Å². The largest absolute Gasteiger partial charge is 0.452 e. The van der Waals surface area contributed by atoms with Crippen LogP contribution in [0.2, 0.25) is 0 Å². The van der Waals surface area contributed by atoms with Gasteiger partial charge in [0.15, 0.2) is 6.10 Å². The summed E-state index contributed by atoms with van der Waals surface area (Å²) in [5, 5.41) is 4.54. The summed E-state index contributed by atoms with van der Waals surface area (Å²) in [5.74, 6) is -2.26. The third-order valence-corrected chi connectivity index (χ3v) is 8.18. The van der Waals surface area contributed by atoms with E-state index in [0.29, 0.717) is 17.1 Å². The van der Waals surface area contributed by atoms with Gasteiger partial charge in [-0.1, -0.05) is 42.0 Å². The topological polar surface area (TPSA) is 103 Å². The van der Waals surface area contributed by atoms with Gasteiger partial charge in [-0.3, -0.25) is 23.9 Å². The van der Waals surface area contributed by atoms with Gasteiger partial charge in [-0.2, -0.15) is 0 Å². The highest BCUT2D eigenvalue weighted by Crippen LogP contribution is 2.43. The van der Waals surface area contributed by atoms with Crippen LogP contribution in [0.3, 0.4) is 0 Å². The van der Waals surface area contributed by atoms with E-state index < -0.39 is 35.5 Å². The normalized spacial score (nSPS) is 17.6. The van der Waals surface area contributed by atoms with Gasteiger partial charge in [0.1, 0.15) is 5.69 Å². The van der Waals surface area contributed by atoms with E-state index in [2.05, 4.69) is 5.32 Å². The van der Waals surface area contributed by atoms with E-state index in [9.17, 15) is 19.2 Å². The minimum Gasteiger partial charge on any atom is -0.452 e.